The predicted octanol–water partition coefficient (Wildman–Crippen LogP) is 0.548. The summed E-state index contributed by atoms with van der Waals surface area (Å²) in [6, 6.07) is 6.82. The number of likely N-dealkylation sites (N-methyl/N-ethyl adjacent to an activating group) is 1. The van der Waals surface area contributed by atoms with E-state index < -0.39 is 10.0 Å². The molecule has 0 radical (unpaired) electrons. The van der Waals surface area contributed by atoms with Gasteiger partial charge in [0.15, 0.2) is 0 Å². The zero-order valence-electron chi connectivity index (χ0n) is 11.6. The summed E-state index contributed by atoms with van der Waals surface area (Å²) in [4.78, 5) is 1.93. The highest BCUT2D eigenvalue weighted by molar-refractivity contribution is 7.88. The summed E-state index contributed by atoms with van der Waals surface area (Å²) >= 11 is 0. The van der Waals surface area contributed by atoms with Gasteiger partial charge in [-0.3, -0.25) is 0 Å². The third-order valence-corrected chi connectivity index (χ3v) is 4.03. The van der Waals surface area contributed by atoms with E-state index in [9.17, 15) is 8.42 Å². The smallest absolute Gasteiger partial charge is 0.216 e. The Balaban J connectivity index is 2.68. The summed E-state index contributed by atoms with van der Waals surface area (Å²) in [5, 5.41) is 9.03. The Morgan fingerprint density at radius 3 is 2.53 bits per heavy atom. The number of hydrogen-bond acceptors (Lipinski definition) is 4. The number of aliphatic hydroxyl groups is 1. The largest absolute Gasteiger partial charge is 0.392 e. The number of nitrogens with zero attached hydrogens (tertiary/aromatic N) is 1. The lowest BCUT2D eigenvalue weighted by Crippen LogP contribution is -2.40. The highest BCUT2D eigenvalue weighted by Crippen LogP contribution is 2.09. The third-order valence-electron chi connectivity index (χ3n) is 2.55. The van der Waals surface area contributed by atoms with E-state index in [1.807, 2.05) is 25.9 Å². The number of aliphatic hydroxyl groups excluding tert-OH is 1. The van der Waals surface area contributed by atoms with E-state index >= 15 is 0 Å². The topological polar surface area (TPSA) is 69.6 Å². The lowest BCUT2D eigenvalue weighted by atomic mass is 10.1. The van der Waals surface area contributed by atoms with Crippen LogP contribution in [0.15, 0.2) is 24.3 Å². The molecule has 0 fully saturated rings. The van der Waals surface area contributed by atoms with E-state index in [0.29, 0.717) is 17.7 Å². The fourth-order valence-electron chi connectivity index (χ4n) is 1.97. The number of sulfonamides is 1. The van der Waals surface area contributed by atoms with Crippen molar-refractivity contribution in [2.75, 3.05) is 20.6 Å². The highest BCUT2D eigenvalue weighted by atomic mass is 32.2. The molecule has 2 N–H and O–H groups in total. The molecule has 0 amide bonds. The van der Waals surface area contributed by atoms with Crippen LogP contribution in [0.25, 0.3) is 0 Å². The van der Waals surface area contributed by atoms with Crippen LogP contribution in [0, 0.1) is 0 Å². The van der Waals surface area contributed by atoms with Crippen LogP contribution in [-0.2, 0) is 22.4 Å². The minimum Gasteiger partial charge on any atom is -0.392 e. The molecule has 0 bridgehead atoms. The van der Waals surface area contributed by atoms with Crippen molar-refractivity contribution >= 4 is 10.0 Å². The summed E-state index contributed by atoms with van der Waals surface area (Å²) in [6.45, 7) is 2.40. The van der Waals surface area contributed by atoms with Crippen molar-refractivity contribution in [3.63, 3.8) is 0 Å². The van der Waals surface area contributed by atoms with Crippen LogP contribution >= 0.6 is 0 Å². The molecule has 0 aromatic heterocycles. The Labute approximate surface area is 115 Å². The van der Waals surface area contributed by atoms with Gasteiger partial charge in [-0.25, -0.2) is 13.1 Å². The van der Waals surface area contributed by atoms with Crippen molar-refractivity contribution in [1.29, 1.82) is 0 Å². The van der Waals surface area contributed by atoms with Gasteiger partial charge in [-0.2, -0.15) is 0 Å². The summed E-state index contributed by atoms with van der Waals surface area (Å²) < 4.78 is 26.6. The standard InChI is InChI=1S/C13H22N2O3S/c1-11(8-15(2)3)14-19(17,18)10-13-6-4-5-12(7-13)9-16/h4-7,11,14,16H,8-10H2,1-3H3. The van der Waals surface area contributed by atoms with Gasteiger partial charge >= 0.3 is 0 Å². The summed E-state index contributed by atoms with van der Waals surface area (Å²) in [5.41, 5.74) is 1.39. The Kier molecular flexibility index (Phi) is 5.93. The molecule has 0 aliphatic heterocycles. The average Bonchev–Trinajstić information content (AvgIpc) is 2.26. The number of nitrogens with one attached hydrogen (secondary N) is 1. The second-order valence-electron chi connectivity index (χ2n) is 5.02. The first kappa shape index (κ1) is 16.1. The van der Waals surface area contributed by atoms with E-state index in [-0.39, 0.29) is 18.4 Å². The molecule has 108 valence electrons. The summed E-state index contributed by atoms with van der Waals surface area (Å²) in [7, 11) is 0.434. The van der Waals surface area contributed by atoms with Crippen LogP contribution in [0.2, 0.25) is 0 Å². The first-order valence-corrected chi connectivity index (χ1v) is 7.81. The molecule has 1 rings (SSSR count). The molecular weight excluding hydrogens is 264 g/mol. The van der Waals surface area contributed by atoms with Crippen LogP contribution in [0.3, 0.4) is 0 Å². The molecule has 0 saturated carbocycles. The molecule has 1 unspecified atom stereocenters. The monoisotopic (exact) mass is 286 g/mol. The molecule has 0 aliphatic rings. The van der Waals surface area contributed by atoms with Gasteiger partial charge in [-0.1, -0.05) is 24.3 Å². The maximum Gasteiger partial charge on any atom is 0.216 e. The SMILES string of the molecule is CC(CN(C)C)NS(=O)(=O)Cc1cccc(CO)c1. The Morgan fingerprint density at radius 2 is 1.95 bits per heavy atom. The van der Waals surface area contributed by atoms with E-state index in [1.54, 1.807) is 24.3 Å². The Bertz CT molecular complexity index is 500. The lowest BCUT2D eigenvalue weighted by molar-refractivity contribution is 0.281. The molecule has 6 heteroatoms. The van der Waals surface area contributed by atoms with Crippen molar-refractivity contribution in [3.8, 4) is 0 Å². The van der Waals surface area contributed by atoms with Crippen molar-refractivity contribution in [2.45, 2.75) is 25.3 Å². The lowest BCUT2D eigenvalue weighted by Gasteiger charge is -2.18. The van der Waals surface area contributed by atoms with Crippen LogP contribution in [-0.4, -0.2) is 45.1 Å². The maximum atomic E-state index is 12.0. The number of hydrogen-bond donors (Lipinski definition) is 2. The first-order chi connectivity index (χ1) is 8.82. The van der Waals surface area contributed by atoms with Crippen molar-refractivity contribution < 1.29 is 13.5 Å². The summed E-state index contributed by atoms with van der Waals surface area (Å²) in [5.74, 6) is -0.0708. The van der Waals surface area contributed by atoms with Crippen LogP contribution in [0.4, 0.5) is 0 Å². The predicted molar refractivity (Wildman–Crippen MR) is 76.1 cm³/mol. The molecule has 0 saturated heterocycles. The molecule has 0 spiro atoms. The van der Waals surface area contributed by atoms with Crippen molar-refractivity contribution in [1.82, 2.24) is 9.62 Å². The minimum atomic E-state index is -3.36. The van der Waals surface area contributed by atoms with Crippen molar-refractivity contribution in [3.05, 3.63) is 35.4 Å². The normalized spacial score (nSPS) is 13.7. The summed E-state index contributed by atoms with van der Waals surface area (Å²) in [6.07, 6.45) is 0. The Morgan fingerprint density at radius 1 is 1.32 bits per heavy atom. The van der Waals surface area contributed by atoms with Gasteiger partial charge < -0.3 is 10.0 Å². The van der Waals surface area contributed by atoms with Gasteiger partial charge in [0.05, 0.1) is 12.4 Å². The second-order valence-corrected chi connectivity index (χ2v) is 6.77. The molecule has 5 nitrogen and oxygen atoms in total. The molecule has 19 heavy (non-hydrogen) atoms. The fourth-order valence-corrected chi connectivity index (χ4v) is 3.36. The molecule has 1 aromatic carbocycles. The first-order valence-electron chi connectivity index (χ1n) is 6.16. The van der Waals surface area contributed by atoms with E-state index in [0.717, 1.165) is 0 Å². The van der Waals surface area contributed by atoms with Crippen molar-refractivity contribution in [2.24, 2.45) is 0 Å². The van der Waals surface area contributed by atoms with Gasteiger partial charge in [-0.15, -0.1) is 0 Å². The third kappa shape index (κ3) is 6.15. The Hall–Kier alpha value is -0.950. The van der Waals surface area contributed by atoms with Gasteiger partial charge in [-0.05, 0) is 32.1 Å². The molecule has 1 atom stereocenters. The van der Waals surface area contributed by atoms with E-state index in [4.69, 9.17) is 5.11 Å². The fraction of sp³-hybridized carbons (Fsp3) is 0.538. The highest BCUT2D eigenvalue weighted by Gasteiger charge is 2.15. The molecule has 0 aliphatic carbocycles. The molecule has 0 heterocycles. The quantitative estimate of drug-likeness (QED) is 0.768. The number of rotatable bonds is 7. The second kappa shape index (κ2) is 7.00. The van der Waals surface area contributed by atoms with Crippen LogP contribution in [0.1, 0.15) is 18.1 Å². The van der Waals surface area contributed by atoms with E-state index in [1.165, 1.54) is 0 Å². The minimum absolute atomic E-state index is 0.0708. The van der Waals surface area contributed by atoms with Crippen LogP contribution in [0.5, 0.6) is 0 Å². The maximum absolute atomic E-state index is 12.0. The van der Waals surface area contributed by atoms with Gasteiger partial charge in [0.2, 0.25) is 10.0 Å². The van der Waals surface area contributed by atoms with E-state index in [2.05, 4.69) is 4.72 Å². The average molecular weight is 286 g/mol. The molecule has 1 aromatic rings. The van der Waals surface area contributed by atoms with Gasteiger partial charge in [0, 0.05) is 12.6 Å². The number of benzene rings is 1. The van der Waals surface area contributed by atoms with Gasteiger partial charge in [0.25, 0.3) is 0 Å². The van der Waals surface area contributed by atoms with Crippen LogP contribution < -0.4 is 4.72 Å². The molecular formula is C13H22N2O3S. The zero-order valence-corrected chi connectivity index (χ0v) is 12.4. The zero-order chi connectivity index (χ0) is 14.5. The van der Waals surface area contributed by atoms with Gasteiger partial charge in [0.1, 0.15) is 0 Å².